The van der Waals surface area contributed by atoms with Crippen molar-refractivity contribution >= 4 is 22.1 Å². The fraction of sp³-hybridized carbons (Fsp3) is 0.0189. The monoisotopic (exact) mass is 702 g/mol. The highest BCUT2D eigenvalue weighted by Gasteiger charge is 2.39. The van der Waals surface area contributed by atoms with Crippen LogP contribution in [0.3, 0.4) is 0 Å². The summed E-state index contributed by atoms with van der Waals surface area (Å²) in [4.78, 5) is 0. The van der Waals surface area contributed by atoms with E-state index in [1.807, 2.05) is 0 Å². The van der Waals surface area contributed by atoms with Crippen LogP contribution in [0, 0.1) is 0 Å². The molecule has 0 heterocycles. The zero-order valence-corrected chi connectivity index (χ0v) is 30.3. The van der Waals surface area contributed by atoms with Crippen LogP contribution in [0.4, 0.5) is 11.4 Å². The number of fused-ring (bicyclic) bond motifs is 5. The van der Waals surface area contributed by atoms with Crippen LogP contribution in [0.25, 0.3) is 77.5 Å². The number of hydrogen-bond donors (Lipinski definition) is 2. The molecule has 1 atom stereocenters. The molecule has 1 unspecified atom stereocenters. The van der Waals surface area contributed by atoms with Crippen molar-refractivity contribution in [1.29, 1.82) is 0 Å². The second-order valence-electron chi connectivity index (χ2n) is 14.3. The Labute approximate surface area is 322 Å². The van der Waals surface area contributed by atoms with E-state index in [0.717, 1.165) is 66.7 Å². The van der Waals surface area contributed by atoms with Crippen LogP contribution in [0.2, 0.25) is 0 Å². The second kappa shape index (κ2) is 13.4. The maximum absolute atomic E-state index is 7.93. The molecule has 0 saturated carbocycles. The van der Waals surface area contributed by atoms with Gasteiger partial charge in [0, 0.05) is 39.2 Å². The number of hydrogen-bond acceptors (Lipinski definition) is 2. The lowest BCUT2D eigenvalue weighted by atomic mass is 9.74. The Hall–Kier alpha value is -7.16. The zero-order valence-electron chi connectivity index (χ0n) is 30.3. The van der Waals surface area contributed by atoms with E-state index in [0.29, 0.717) is 0 Å². The highest BCUT2D eigenvalue weighted by atomic mass is 14.6. The van der Waals surface area contributed by atoms with Crippen molar-refractivity contribution in [2.24, 2.45) is 0 Å². The maximum atomic E-state index is 7.93. The molecule has 1 aliphatic rings. The standard InChI is InChI=1S/C53H38N2/c54-40-31-32-41-42(33-40)43(34-19-7-1-8-20-34)50-48(39-29-17-6-18-30-39)53(55)52-47(38-27-15-5-16-28-38)45(36-23-11-3-12-24-36)44(35-21-9-2-10-22-35)46(51(52)49(41)50)37-25-13-4-14-26-37/h1-33,43H,54-55H2. The van der Waals surface area contributed by atoms with Crippen LogP contribution in [-0.2, 0) is 0 Å². The van der Waals surface area contributed by atoms with Gasteiger partial charge in [0.2, 0.25) is 0 Å². The average molecular weight is 703 g/mol. The molecular weight excluding hydrogens is 665 g/mol. The van der Waals surface area contributed by atoms with Gasteiger partial charge in [-0.15, -0.1) is 0 Å². The van der Waals surface area contributed by atoms with Crippen LogP contribution in [0.1, 0.15) is 22.6 Å². The van der Waals surface area contributed by atoms with Crippen molar-refractivity contribution in [3.63, 3.8) is 0 Å². The van der Waals surface area contributed by atoms with Gasteiger partial charge < -0.3 is 11.5 Å². The largest absolute Gasteiger partial charge is 0.399 e. The molecule has 55 heavy (non-hydrogen) atoms. The molecule has 2 heteroatoms. The first-order chi connectivity index (χ1) is 27.2. The van der Waals surface area contributed by atoms with E-state index in [-0.39, 0.29) is 5.92 Å². The SMILES string of the molecule is Nc1ccc2c(c1)C(c1ccccc1)c1c(-c3ccccc3)c(N)c3c(-c4ccccc4)c(-c4ccccc4)c(-c4ccccc4)c(-c4ccccc4)c3c1-2. The summed E-state index contributed by atoms with van der Waals surface area (Å²) in [5, 5.41) is 2.21. The van der Waals surface area contributed by atoms with Crippen LogP contribution < -0.4 is 11.5 Å². The smallest absolute Gasteiger partial charge is 0.0483 e. The number of benzene rings is 9. The molecule has 9 aromatic rings. The number of rotatable bonds is 6. The summed E-state index contributed by atoms with van der Waals surface area (Å²) in [6.07, 6.45) is 0. The summed E-state index contributed by atoms with van der Waals surface area (Å²) >= 11 is 0. The highest BCUT2D eigenvalue weighted by molar-refractivity contribution is 6.28. The van der Waals surface area contributed by atoms with Gasteiger partial charge in [0.05, 0.1) is 0 Å². The van der Waals surface area contributed by atoms with Gasteiger partial charge in [-0.1, -0.05) is 188 Å². The molecule has 1 aliphatic carbocycles. The molecule has 9 aromatic carbocycles. The van der Waals surface area contributed by atoms with Crippen molar-refractivity contribution in [3.05, 3.63) is 217 Å². The highest BCUT2D eigenvalue weighted by Crippen LogP contribution is 2.62. The minimum Gasteiger partial charge on any atom is -0.399 e. The molecule has 10 rings (SSSR count). The lowest BCUT2D eigenvalue weighted by Gasteiger charge is -2.29. The van der Waals surface area contributed by atoms with Crippen molar-refractivity contribution in [2.75, 3.05) is 11.5 Å². The summed E-state index contributed by atoms with van der Waals surface area (Å²) in [5.74, 6) is -0.0885. The molecule has 0 amide bonds. The molecule has 4 N–H and O–H groups in total. The van der Waals surface area contributed by atoms with E-state index >= 15 is 0 Å². The third-order valence-electron chi connectivity index (χ3n) is 11.2. The third kappa shape index (κ3) is 5.26. The first kappa shape index (κ1) is 32.5. The number of nitrogen functional groups attached to an aromatic ring is 2. The van der Waals surface area contributed by atoms with Crippen LogP contribution in [0.5, 0.6) is 0 Å². The summed E-state index contributed by atoms with van der Waals surface area (Å²) < 4.78 is 0. The molecular formula is C53H38N2. The summed E-state index contributed by atoms with van der Waals surface area (Å²) in [6.45, 7) is 0. The first-order valence-electron chi connectivity index (χ1n) is 18.9. The lowest BCUT2D eigenvalue weighted by Crippen LogP contribution is -2.07. The maximum Gasteiger partial charge on any atom is 0.0483 e. The lowest BCUT2D eigenvalue weighted by molar-refractivity contribution is 1.02. The van der Waals surface area contributed by atoms with E-state index in [4.69, 9.17) is 11.5 Å². The number of anilines is 2. The molecule has 0 aromatic heterocycles. The molecule has 0 aliphatic heterocycles. The number of nitrogens with two attached hydrogens (primary N) is 2. The van der Waals surface area contributed by atoms with E-state index in [1.165, 1.54) is 38.9 Å². The third-order valence-corrected chi connectivity index (χ3v) is 11.2. The van der Waals surface area contributed by atoms with Crippen molar-refractivity contribution in [2.45, 2.75) is 5.92 Å². The summed E-state index contributed by atoms with van der Waals surface area (Å²) in [5.41, 5.74) is 33.4. The van der Waals surface area contributed by atoms with Crippen molar-refractivity contribution < 1.29 is 0 Å². The Bertz CT molecular complexity index is 2830. The van der Waals surface area contributed by atoms with Gasteiger partial charge in [0.15, 0.2) is 0 Å². The molecule has 0 bridgehead atoms. The quantitative estimate of drug-likeness (QED) is 0.170. The van der Waals surface area contributed by atoms with Gasteiger partial charge in [-0.25, -0.2) is 0 Å². The minimum atomic E-state index is -0.0885. The van der Waals surface area contributed by atoms with Gasteiger partial charge in [0.25, 0.3) is 0 Å². The molecule has 0 fully saturated rings. The van der Waals surface area contributed by atoms with Crippen LogP contribution >= 0.6 is 0 Å². The van der Waals surface area contributed by atoms with Gasteiger partial charge in [0.1, 0.15) is 0 Å². The van der Waals surface area contributed by atoms with E-state index in [2.05, 4.69) is 200 Å². The molecule has 260 valence electrons. The molecule has 0 spiro atoms. The predicted octanol–water partition coefficient (Wildman–Crippen LogP) is 13.5. The molecule has 2 nitrogen and oxygen atoms in total. The van der Waals surface area contributed by atoms with Gasteiger partial charge in [-0.2, -0.15) is 0 Å². The summed E-state index contributed by atoms with van der Waals surface area (Å²) in [7, 11) is 0. The van der Waals surface area contributed by atoms with Crippen molar-refractivity contribution in [3.8, 4) is 66.8 Å². The normalized spacial score (nSPS) is 13.1. The van der Waals surface area contributed by atoms with Gasteiger partial charge >= 0.3 is 0 Å². The predicted molar refractivity (Wildman–Crippen MR) is 233 cm³/mol. The first-order valence-corrected chi connectivity index (χ1v) is 18.9. The topological polar surface area (TPSA) is 52.0 Å². The summed E-state index contributed by atoms with van der Waals surface area (Å²) in [6, 6.07) is 71.4. The van der Waals surface area contributed by atoms with E-state index < -0.39 is 0 Å². The molecule has 0 radical (unpaired) electrons. The zero-order chi connectivity index (χ0) is 36.9. The average Bonchev–Trinajstić information content (AvgIpc) is 3.58. The van der Waals surface area contributed by atoms with Crippen LogP contribution in [-0.4, -0.2) is 0 Å². The van der Waals surface area contributed by atoms with Crippen LogP contribution in [0.15, 0.2) is 200 Å². The fourth-order valence-corrected chi connectivity index (χ4v) is 9.05. The van der Waals surface area contributed by atoms with Gasteiger partial charge in [-0.3, -0.25) is 0 Å². The molecule has 0 saturated heterocycles. The Morgan fingerprint density at radius 2 is 0.709 bits per heavy atom. The second-order valence-corrected chi connectivity index (χ2v) is 14.3. The Morgan fingerprint density at radius 3 is 1.16 bits per heavy atom. The van der Waals surface area contributed by atoms with Gasteiger partial charge in [-0.05, 0) is 84.5 Å². The van der Waals surface area contributed by atoms with E-state index in [9.17, 15) is 0 Å². The fourth-order valence-electron chi connectivity index (χ4n) is 9.05. The Balaban J connectivity index is 1.56. The Morgan fingerprint density at radius 1 is 0.327 bits per heavy atom. The Kier molecular flexibility index (Phi) is 7.89. The van der Waals surface area contributed by atoms with Crippen molar-refractivity contribution in [1.82, 2.24) is 0 Å². The minimum absolute atomic E-state index is 0.0885. The van der Waals surface area contributed by atoms with E-state index in [1.54, 1.807) is 0 Å².